The number of thiazole rings is 1. The van der Waals surface area contributed by atoms with Crippen LogP contribution in [0.1, 0.15) is 22.2 Å². The van der Waals surface area contributed by atoms with Crippen LogP contribution < -0.4 is 5.32 Å². The number of nitrogens with zero attached hydrogens (tertiary/aromatic N) is 3. The van der Waals surface area contributed by atoms with Gasteiger partial charge in [0.2, 0.25) is 0 Å². The van der Waals surface area contributed by atoms with E-state index in [1.54, 1.807) is 42.7 Å². The SMILES string of the molecule is CC(NC(=O)c1cnc(-c2cnccn2)s1)(C(=O)O)c1ccccc1. The van der Waals surface area contributed by atoms with E-state index in [1.165, 1.54) is 19.3 Å². The second-order valence-electron chi connectivity index (χ2n) is 5.37. The third kappa shape index (κ3) is 3.38. The highest BCUT2D eigenvalue weighted by molar-refractivity contribution is 7.16. The van der Waals surface area contributed by atoms with Gasteiger partial charge in [0.15, 0.2) is 5.54 Å². The predicted octanol–water partition coefficient (Wildman–Crippen LogP) is 2.33. The number of hydrogen-bond acceptors (Lipinski definition) is 6. The third-order valence-corrected chi connectivity index (χ3v) is 4.67. The molecule has 1 atom stereocenters. The normalized spacial score (nSPS) is 13.0. The van der Waals surface area contributed by atoms with Gasteiger partial charge in [0.1, 0.15) is 15.6 Å². The van der Waals surface area contributed by atoms with Crippen molar-refractivity contribution in [2.24, 2.45) is 0 Å². The Balaban J connectivity index is 1.86. The lowest BCUT2D eigenvalue weighted by molar-refractivity contribution is -0.144. The molecule has 0 aliphatic rings. The number of benzene rings is 1. The predicted molar refractivity (Wildman–Crippen MR) is 92.0 cm³/mol. The van der Waals surface area contributed by atoms with E-state index < -0.39 is 17.4 Å². The van der Waals surface area contributed by atoms with Crippen molar-refractivity contribution in [1.29, 1.82) is 0 Å². The van der Waals surface area contributed by atoms with Crippen LogP contribution in [0.3, 0.4) is 0 Å². The van der Waals surface area contributed by atoms with E-state index >= 15 is 0 Å². The molecule has 0 radical (unpaired) electrons. The lowest BCUT2D eigenvalue weighted by atomic mass is 9.92. The fraction of sp³-hybridized carbons (Fsp3) is 0.118. The van der Waals surface area contributed by atoms with Gasteiger partial charge in [0.05, 0.1) is 12.4 Å². The average Bonchev–Trinajstić information content (AvgIpc) is 3.13. The maximum absolute atomic E-state index is 12.5. The standard InChI is InChI=1S/C17H14N4O3S/c1-17(16(23)24,11-5-3-2-4-6-11)21-14(22)13-10-20-15(25-13)12-9-18-7-8-19-12/h2-10H,1H3,(H,21,22)(H,23,24). The Hall–Kier alpha value is -3.13. The third-order valence-electron chi connectivity index (χ3n) is 3.65. The summed E-state index contributed by atoms with van der Waals surface area (Å²) in [7, 11) is 0. The molecular formula is C17H14N4O3S. The minimum Gasteiger partial charge on any atom is -0.479 e. The smallest absolute Gasteiger partial charge is 0.333 e. The Kier molecular flexibility index (Phi) is 4.53. The zero-order chi connectivity index (χ0) is 17.9. The van der Waals surface area contributed by atoms with Crippen LogP contribution in [0.25, 0.3) is 10.7 Å². The van der Waals surface area contributed by atoms with Crippen LogP contribution in [0.2, 0.25) is 0 Å². The van der Waals surface area contributed by atoms with Gasteiger partial charge in [-0.25, -0.2) is 9.78 Å². The summed E-state index contributed by atoms with van der Waals surface area (Å²) in [6.45, 7) is 1.45. The summed E-state index contributed by atoms with van der Waals surface area (Å²) in [4.78, 5) is 36.9. The van der Waals surface area contributed by atoms with Crippen LogP contribution in [0.15, 0.2) is 55.1 Å². The van der Waals surface area contributed by atoms with E-state index in [-0.39, 0.29) is 0 Å². The van der Waals surface area contributed by atoms with Crippen LogP contribution in [-0.4, -0.2) is 31.9 Å². The largest absolute Gasteiger partial charge is 0.479 e. The number of carboxylic acid groups (broad SMARTS) is 1. The molecule has 2 aromatic heterocycles. The Morgan fingerprint density at radius 2 is 1.88 bits per heavy atom. The van der Waals surface area contributed by atoms with E-state index in [1.807, 2.05) is 0 Å². The highest BCUT2D eigenvalue weighted by Crippen LogP contribution is 2.25. The van der Waals surface area contributed by atoms with Crippen molar-refractivity contribution in [3.63, 3.8) is 0 Å². The minimum atomic E-state index is -1.55. The molecule has 1 amide bonds. The first-order valence-electron chi connectivity index (χ1n) is 7.34. The Morgan fingerprint density at radius 1 is 1.12 bits per heavy atom. The van der Waals surface area contributed by atoms with Gasteiger partial charge in [-0.05, 0) is 12.5 Å². The molecule has 0 saturated heterocycles. The number of hydrogen-bond donors (Lipinski definition) is 2. The molecule has 8 heteroatoms. The van der Waals surface area contributed by atoms with Gasteiger partial charge in [-0.2, -0.15) is 0 Å². The Labute approximate surface area is 147 Å². The maximum atomic E-state index is 12.5. The van der Waals surface area contributed by atoms with Gasteiger partial charge in [-0.15, -0.1) is 11.3 Å². The fourth-order valence-electron chi connectivity index (χ4n) is 2.22. The first-order chi connectivity index (χ1) is 12.0. The summed E-state index contributed by atoms with van der Waals surface area (Å²) in [6, 6.07) is 8.55. The molecule has 25 heavy (non-hydrogen) atoms. The number of rotatable bonds is 5. The first-order valence-corrected chi connectivity index (χ1v) is 8.16. The van der Waals surface area contributed by atoms with Crippen molar-refractivity contribution in [1.82, 2.24) is 20.3 Å². The molecule has 1 unspecified atom stereocenters. The average molecular weight is 354 g/mol. The molecule has 0 bridgehead atoms. The molecule has 3 rings (SSSR count). The zero-order valence-electron chi connectivity index (χ0n) is 13.2. The first kappa shape index (κ1) is 16.7. The van der Waals surface area contributed by atoms with Crippen LogP contribution >= 0.6 is 11.3 Å². The molecule has 0 saturated carbocycles. The quantitative estimate of drug-likeness (QED) is 0.728. The highest BCUT2D eigenvalue weighted by Gasteiger charge is 2.37. The van der Waals surface area contributed by atoms with E-state index in [9.17, 15) is 14.7 Å². The van der Waals surface area contributed by atoms with Crippen molar-refractivity contribution in [2.75, 3.05) is 0 Å². The monoisotopic (exact) mass is 354 g/mol. The van der Waals surface area contributed by atoms with E-state index in [0.29, 0.717) is 21.1 Å². The molecule has 126 valence electrons. The maximum Gasteiger partial charge on any atom is 0.333 e. The molecular weight excluding hydrogens is 340 g/mol. The zero-order valence-corrected chi connectivity index (χ0v) is 14.0. The summed E-state index contributed by atoms with van der Waals surface area (Å²) in [5.74, 6) is -1.66. The second-order valence-corrected chi connectivity index (χ2v) is 6.40. The van der Waals surface area contributed by atoms with Crippen molar-refractivity contribution in [3.05, 3.63) is 65.6 Å². The molecule has 2 N–H and O–H groups in total. The molecule has 3 aromatic rings. The van der Waals surface area contributed by atoms with Gasteiger partial charge >= 0.3 is 5.97 Å². The van der Waals surface area contributed by atoms with Gasteiger partial charge in [-0.3, -0.25) is 14.8 Å². The van der Waals surface area contributed by atoms with Crippen LogP contribution in [0.4, 0.5) is 0 Å². The molecule has 7 nitrogen and oxygen atoms in total. The molecule has 0 aliphatic carbocycles. The molecule has 1 aromatic carbocycles. The molecule has 0 aliphatic heterocycles. The topological polar surface area (TPSA) is 105 Å². The van der Waals surface area contributed by atoms with Crippen LogP contribution in [-0.2, 0) is 10.3 Å². The van der Waals surface area contributed by atoms with Gasteiger partial charge in [0, 0.05) is 12.4 Å². The van der Waals surface area contributed by atoms with Gasteiger partial charge in [0.25, 0.3) is 5.91 Å². The summed E-state index contributed by atoms with van der Waals surface area (Å²) in [5.41, 5.74) is -0.514. The van der Waals surface area contributed by atoms with Crippen molar-refractivity contribution < 1.29 is 14.7 Å². The van der Waals surface area contributed by atoms with Crippen LogP contribution in [0.5, 0.6) is 0 Å². The Bertz CT molecular complexity index is 899. The number of amides is 1. The number of aliphatic carboxylic acids is 1. The van der Waals surface area contributed by atoms with Crippen molar-refractivity contribution in [2.45, 2.75) is 12.5 Å². The number of nitrogens with one attached hydrogen (secondary N) is 1. The lowest BCUT2D eigenvalue weighted by Crippen LogP contribution is -2.49. The Morgan fingerprint density at radius 3 is 2.52 bits per heavy atom. The number of carbonyl (C=O) groups is 2. The molecule has 2 heterocycles. The summed E-state index contributed by atoms with van der Waals surface area (Å²) < 4.78 is 0. The number of carboxylic acids is 1. The van der Waals surface area contributed by atoms with Crippen molar-refractivity contribution in [3.8, 4) is 10.7 Å². The van der Waals surface area contributed by atoms with Gasteiger partial charge < -0.3 is 10.4 Å². The summed E-state index contributed by atoms with van der Waals surface area (Å²) in [5, 5.41) is 12.7. The fourth-order valence-corrected chi connectivity index (χ4v) is 2.99. The lowest BCUT2D eigenvalue weighted by Gasteiger charge is -2.26. The minimum absolute atomic E-state index is 0.295. The van der Waals surface area contributed by atoms with Gasteiger partial charge in [-0.1, -0.05) is 30.3 Å². The summed E-state index contributed by atoms with van der Waals surface area (Å²) >= 11 is 1.12. The van der Waals surface area contributed by atoms with E-state index in [2.05, 4.69) is 20.3 Å². The van der Waals surface area contributed by atoms with E-state index in [0.717, 1.165) is 11.3 Å². The number of aromatic nitrogens is 3. The van der Waals surface area contributed by atoms with Crippen LogP contribution in [0, 0.1) is 0 Å². The summed E-state index contributed by atoms with van der Waals surface area (Å²) in [6.07, 6.45) is 6.03. The highest BCUT2D eigenvalue weighted by atomic mass is 32.1. The number of carbonyl (C=O) groups excluding carboxylic acids is 1. The second kappa shape index (κ2) is 6.78. The van der Waals surface area contributed by atoms with E-state index in [4.69, 9.17) is 0 Å². The molecule has 0 fully saturated rings. The van der Waals surface area contributed by atoms with Crippen molar-refractivity contribution >= 4 is 23.2 Å². The molecule has 0 spiro atoms.